The Balaban J connectivity index is 2.18. The highest BCUT2D eigenvalue weighted by molar-refractivity contribution is 7.92. The van der Waals surface area contributed by atoms with Crippen LogP contribution in [-0.4, -0.2) is 20.2 Å². The lowest BCUT2D eigenvalue weighted by atomic mass is 9.95. The molecule has 0 unspecified atom stereocenters. The van der Waals surface area contributed by atoms with Crippen molar-refractivity contribution in [2.75, 3.05) is 15.4 Å². The van der Waals surface area contributed by atoms with Crippen LogP contribution in [0.5, 0.6) is 0 Å². The predicted octanol–water partition coefficient (Wildman–Crippen LogP) is 3.74. The number of aryl methyl sites for hydroxylation is 1. The Morgan fingerprint density at radius 1 is 0.893 bits per heavy atom. The maximum absolute atomic E-state index is 12.7. The van der Waals surface area contributed by atoms with Gasteiger partial charge >= 0.3 is 0 Å². The molecule has 0 aromatic heterocycles. The zero-order valence-electron chi connectivity index (χ0n) is 16.6. The molecule has 2 amide bonds. The first-order chi connectivity index (χ1) is 12.9. The van der Waals surface area contributed by atoms with Gasteiger partial charge in [-0.05, 0) is 48.9 Å². The van der Waals surface area contributed by atoms with Crippen LogP contribution in [0.3, 0.4) is 0 Å². The van der Waals surface area contributed by atoms with Gasteiger partial charge in [-0.3, -0.25) is 14.3 Å². The number of rotatable bonds is 5. The molecule has 2 aromatic carbocycles. The van der Waals surface area contributed by atoms with E-state index in [1.54, 1.807) is 37.3 Å². The van der Waals surface area contributed by atoms with Gasteiger partial charge in [-0.25, -0.2) is 8.42 Å². The van der Waals surface area contributed by atoms with Crippen molar-refractivity contribution in [3.63, 3.8) is 0 Å². The van der Waals surface area contributed by atoms with Crippen molar-refractivity contribution < 1.29 is 18.0 Å². The van der Waals surface area contributed by atoms with E-state index < -0.39 is 15.4 Å². The molecule has 28 heavy (non-hydrogen) atoms. The highest BCUT2D eigenvalue weighted by atomic mass is 32.2. The van der Waals surface area contributed by atoms with Gasteiger partial charge in [0.2, 0.25) is 11.8 Å². The summed E-state index contributed by atoms with van der Waals surface area (Å²) in [5, 5.41) is 5.39. The zero-order chi connectivity index (χ0) is 21.1. The third-order valence-corrected chi connectivity index (χ3v) is 5.29. The highest BCUT2D eigenvalue weighted by Gasteiger charge is 2.21. The minimum Gasteiger partial charge on any atom is -0.326 e. The average Bonchev–Trinajstić information content (AvgIpc) is 2.57. The lowest BCUT2D eigenvalue weighted by molar-refractivity contribution is -0.123. The maximum Gasteiger partial charge on any atom is 0.261 e. The second-order valence-electron chi connectivity index (χ2n) is 7.54. The van der Waals surface area contributed by atoms with Crippen LogP contribution in [0.1, 0.15) is 33.3 Å². The molecule has 8 heteroatoms. The summed E-state index contributed by atoms with van der Waals surface area (Å²) in [6, 6.07) is 10.9. The molecule has 7 nitrogen and oxygen atoms in total. The van der Waals surface area contributed by atoms with Gasteiger partial charge in [-0.2, -0.15) is 0 Å². The number of carbonyl (C=O) groups is 2. The first kappa shape index (κ1) is 21.4. The van der Waals surface area contributed by atoms with E-state index in [1.165, 1.54) is 19.1 Å². The summed E-state index contributed by atoms with van der Waals surface area (Å²) < 4.78 is 27.8. The van der Waals surface area contributed by atoms with E-state index in [9.17, 15) is 18.0 Å². The zero-order valence-corrected chi connectivity index (χ0v) is 17.4. The summed E-state index contributed by atoms with van der Waals surface area (Å²) in [7, 11) is -3.84. The van der Waals surface area contributed by atoms with Crippen molar-refractivity contribution in [2.24, 2.45) is 5.41 Å². The molecular weight excluding hydrogens is 378 g/mol. The number of benzene rings is 2. The summed E-state index contributed by atoms with van der Waals surface area (Å²) in [6.45, 7) is 8.56. The standard InChI is InChI=1S/C20H25N3O4S/c1-13-6-11-17(12-18(13)21-14(2)24)28(26,27)23-16-9-7-15(8-10-16)22-19(25)20(3,4)5/h6-12,23H,1-5H3,(H,21,24)(H,22,25). The molecule has 0 radical (unpaired) electrons. The molecule has 150 valence electrons. The molecule has 0 aliphatic carbocycles. The number of sulfonamides is 1. The first-order valence-corrected chi connectivity index (χ1v) is 10.2. The molecule has 0 saturated heterocycles. The molecule has 0 fully saturated rings. The van der Waals surface area contributed by atoms with Crippen LogP contribution in [0, 0.1) is 12.3 Å². The monoisotopic (exact) mass is 403 g/mol. The van der Waals surface area contributed by atoms with Crippen molar-refractivity contribution in [2.45, 2.75) is 39.5 Å². The number of carbonyl (C=O) groups excluding carboxylic acids is 2. The van der Waals surface area contributed by atoms with Crippen molar-refractivity contribution in [3.8, 4) is 0 Å². The second-order valence-corrected chi connectivity index (χ2v) is 9.23. The Morgan fingerprint density at radius 3 is 2.00 bits per heavy atom. The molecular formula is C20H25N3O4S. The molecule has 0 spiro atoms. The third-order valence-electron chi connectivity index (χ3n) is 3.91. The molecule has 0 heterocycles. The van der Waals surface area contributed by atoms with Crippen molar-refractivity contribution in [1.29, 1.82) is 0 Å². The Bertz CT molecular complexity index is 991. The van der Waals surface area contributed by atoms with Gasteiger partial charge < -0.3 is 10.6 Å². The van der Waals surface area contributed by atoms with Crippen LogP contribution in [0.2, 0.25) is 0 Å². The predicted molar refractivity (Wildman–Crippen MR) is 111 cm³/mol. The highest BCUT2D eigenvalue weighted by Crippen LogP contribution is 2.24. The number of anilines is 3. The molecule has 2 rings (SSSR count). The SMILES string of the molecule is CC(=O)Nc1cc(S(=O)(=O)Nc2ccc(NC(=O)C(C)(C)C)cc2)ccc1C. The minimum absolute atomic E-state index is 0.0342. The Morgan fingerprint density at radius 2 is 1.46 bits per heavy atom. The summed E-state index contributed by atoms with van der Waals surface area (Å²) >= 11 is 0. The van der Waals surface area contributed by atoms with Crippen LogP contribution in [-0.2, 0) is 19.6 Å². The van der Waals surface area contributed by atoms with Crippen LogP contribution in [0.4, 0.5) is 17.1 Å². The van der Waals surface area contributed by atoms with E-state index in [4.69, 9.17) is 0 Å². The van der Waals surface area contributed by atoms with Gasteiger partial charge in [0, 0.05) is 29.4 Å². The van der Waals surface area contributed by atoms with E-state index in [0.29, 0.717) is 17.1 Å². The van der Waals surface area contributed by atoms with Crippen molar-refractivity contribution >= 4 is 38.9 Å². The molecule has 2 aromatic rings. The van der Waals surface area contributed by atoms with Crippen LogP contribution in [0.25, 0.3) is 0 Å². The summed E-state index contributed by atoms with van der Waals surface area (Å²) in [4.78, 5) is 23.3. The fourth-order valence-corrected chi connectivity index (χ4v) is 3.33. The van der Waals surface area contributed by atoms with E-state index in [1.807, 2.05) is 20.8 Å². The Labute approximate surface area is 165 Å². The van der Waals surface area contributed by atoms with Crippen molar-refractivity contribution in [1.82, 2.24) is 0 Å². The van der Waals surface area contributed by atoms with E-state index in [-0.39, 0.29) is 16.7 Å². The number of amides is 2. The number of nitrogens with one attached hydrogen (secondary N) is 3. The molecule has 3 N–H and O–H groups in total. The van der Waals surface area contributed by atoms with Crippen LogP contribution < -0.4 is 15.4 Å². The third kappa shape index (κ3) is 5.56. The van der Waals surface area contributed by atoms with Gasteiger partial charge in [0.15, 0.2) is 0 Å². The lowest BCUT2D eigenvalue weighted by Gasteiger charge is -2.18. The minimum atomic E-state index is -3.84. The summed E-state index contributed by atoms with van der Waals surface area (Å²) in [5.41, 5.74) is 1.60. The number of hydrogen-bond acceptors (Lipinski definition) is 4. The van der Waals surface area contributed by atoms with Gasteiger partial charge in [-0.15, -0.1) is 0 Å². The van der Waals surface area contributed by atoms with E-state index in [2.05, 4.69) is 15.4 Å². The summed E-state index contributed by atoms with van der Waals surface area (Å²) in [6.07, 6.45) is 0. The van der Waals surface area contributed by atoms with Gasteiger partial charge in [0.05, 0.1) is 4.90 Å². The van der Waals surface area contributed by atoms with Crippen molar-refractivity contribution in [3.05, 3.63) is 48.0 Å². The smallest absolute Gasteiger partial charge is 0.261 e. The fraction of sp³-hybridized carbons (Fsp3) is 0.300. The normalized spacial score (nSPS) is 11.6. The fourth-order valence-electron chi connectivity index (χ4n) is 2.25. The molecule has 0 bridgehead atoms. The van der Waals surface area contributed by atoms with Crippen LogP contribution in [0.15, 0.2) is 47.4 Å². The van der Waals surface area contributed by atoms with Gasteiger partial charge in [0.25, 0.3) is 10.0 Å². The quantitative estimate of drug-likeness (QED) is 0.707. The topological polar surface area (TPSA) is 104 Å². The van der Waals surface area contributed by atoms with Crippen LogP contribution >= 0.6 is 0 Å². The largest absolute Gasteiger partial charge is 0.326 e. The van der Waals surface area contributed by atoms with E-state index >= 15 is 0 Å². The number of hydrogen-bond donors (Lipinski definition) is 3. The Hall–Kier alpha value is -2.87. The van der Waals surface area contributed by atoms with Gasteiger partial charge in [0.1, 0.15) is 0 Å². The van der Waals surface area contributed by atoms with E-state index in [0.717, 1.165) is 5.56 Å². The summed E-state index contributed by atoms with van der Waals surface area (Å²) in [5.74, 6) is -0.413. The maximum atomic E-state index is 12.7. The van der Waals surface area contributed by atoms with Gasteiger partial charge in [-0.1, -0.05) is 26.8 Å². The lowest BCUT2D eigenvalue weighted by Crippen LogP contribution is -2.27. The Kier molecular flexibility index (Phi) is 6.14. The average molecular weight is 404 g/mol. The first-order valence-electron chi connectivity index (χ1n) is 8.71. The second kappa shape index (κ2) is 8.02. The molecule has 0 atom stereocenters. The molecule has 0 aliphatic rings. The molecule has 0 aliphatic heterocycles. The molecule has 0 saturated carbocycles.